The van der Waals surface area contributed by atoms with Crippen molar-refractivity contribution in [1.29, 1.82) is 0 Å². The van der Waals surface area contributed by atoms with Crippen molar-refractivity contribution >= 4 is 47.2 Å². The van der Waals surface area contributed by atoms with Crippen LogP contribution in [0.3, 0.4) is 0 Å². The molecule has 0 spiro atoms. The van der Waals surface area contributed by atoms with Gasteiger partial charge in [0.1, 0.15) is 17.0 Å². The lowest BCUT2D eigenvalue weighted by atomic mass is 10.1. The van der Waals surface area contributed by atoms with Gasteiger partial charge in [-0.1, -0.05) is 11.6 Å². The van der Waals surface area contributed by atoms with Crippen LogP contribution < -0.4 is 15.4 Å². The second-order valence-electron chi connectivity index (χ2n) is 9.70. The topological polar surface area (TPSA) is 119 Å². The fourth-order valence-electron chi connectivity index (χ4n) is 4.91. The number of hydrogen-bond acceptors (Lipinski definition) is 7. The van der Waals surface area contributed by atoms with Crippen molar-refractivity contribution < 1.29 is 23.1 Å². The maximum atomic E-state index is 13.3. The summed E-state index contributed by atoms with van der Waals surface area (Å²) in [6.07, 6.45) is 8.79. The van der Waals surface area contributed by atoms with E-state index in [0.29, 0.717) is 22.9 Å². The van der Waals surface area contributed by atoms with Crippen molar-refractivity contribution in [2.75, 3.05) is 31.5 Å². The number of hydrogen-bond donors (Lipinski definition) is 2. The van der Waals surface area contributed by atoms with E-state index in [1.54, 1.807) is 29.3 Å². The van der Waals surface area contributed by atoms with Gasteiger partial charge in [0, 0.05) is 55.7 Å². The van der Waals surface area contributed by atoms with Gasteiger partial charge < -0.3 is 20.3 Å². The van der Waals surface area contributed by atoms with E-state index < -0.39 is 12.5 Å². The third-order valence-corrected chi connectivity index (χ3v) is 7.11. The fraction of sp³-hybridized carbons (Fsp3) is 0.370. The van der Waals surface area contributed by atoms with E-state index in [1.807, 2.05) is 0 Å². The Labute approximate surface area is 251 Å². The van der Waals surface area contributed by atoms with Gasteiger partial charge in [0.25, 0.3) is 5.91 Å². The van der Waals surface area contributed by atoms with Crippen LogP contribution in [-0.4, -0.2) is 73.9 Å². The molecule has 0 bridgehead atoms. The second-order valence-corrected chi connectivity index (χ2v) is 10.1. The molecule has 0 aliphatic carbocycles. The summed E-state index contributed by atoms with van der Waals surface area (Å²) < 4.78 is 34.5. The van der Waals surface area contributed by atoms with Gasteiger partial charge in [-0.3, -0.25) is 14.3 Å². The Bertz CT molecular complexity index is 1540. The highest BCUT2D eigenvalue weighted by molar-refractivity contribution is 6.31. The van der Waals surface area contributed by atoms with E-state index in [0.717, 1.165) is 38.9 Å². The van der Waals surface area contributed by atoms with Crippen LogP contribution in [0.2, 0.25) is 5.02 Å². The Kier molecular flexibility index (Phi) is 10.3. The van der Waals surface area contributed by atoms with E-state index in [9.17, 15) is 18.4 Å². The molecule has 3 aromatic heterocycles. The molecule has 1 aromatic carbocycles. The van der Waals surface area contributed by atoms with Crippen molar-refractivity contribution in [3.63, 3.8) is 0 Å². The molecule has 224 valence electrons. The highest BCUT2D eigenvalue weighted by Gasteiger charge is 2.26. The summed E-state index contributed by atoms with van der Waals surface area (Å²) in [6, 6.07) is 5.99. The number of aromatic nitrogens is 5. The lowest BCUT2D eigenvalue weighted by Crippen LogP contribution is -2.36. The van der Waals surface area contributed by atoms with Crippen LogP contribution in [0.5, 0.6) is 5.75 Å². The number of halogens is 4. The summed E-state index contributed by atoms with van der Waals surface area (Å²) in [6.45, 7) is 1.59. The molecule has 1 aliphatic heterocycles. The molecule has 0 atom stereocenters. The standard InChI is InChI=1S/C27H29ClF2N8O3.ClH/c1-17(39)31-8-2-10-36-12-6-19(7-13-36)38-16-22(34-26(40)21-15-33-37-11-3-9-32-25(21)37)24(35-38)20-14-18(28)4-5-23(20)41-27(29)30;/h3-5,9,11,14-16,19,27H,2,6-8,10,12-13H2,1H3,(H,31,39)(H,34,40);1H. The number of ether oxygens (including phenoxy) is 1. The second kappa shape index (κ2) is 13.9. The van der Waals surface area contributed by atoms with Gasteiger partial charge in [-0.2, -0.15) is 19.0 Å². The zero-order valence-electron chi connectivity index (χ0n) is 22.7. The van der Waals surface area contributed by atoms with Crippen LogP contribution in [0.15, 0.2) is 49.1 Å². The van der Waals surface area contributed by atoms with Crippen molar-refractivity contribution in [2.24, 2.45) is 0 Å². The smallest absolute Gasteiger partial charge is 0.387 e. The van der Waals surface area contributed by atoms with Crippen molar-refractivity contribution in [3.8, 4) is 17.0 Å². The monoisotopic (exact) mass is 622 g/mol. The summed E-state index contributed by atoms with van der Waals surface area (Å²) in [5.41, 5.74) is 1.39. The lowest BCUT2D eigenvalue weighted by molar-refractivity contribution is -0.118. The van der Waals surface area contributed by atoms with Gasteiger partial charge in [-0.25, -0.2) is 9.50 Å². The van der Waals surface area contributed by atoms with Gasteiger partial charge in [-0.15, -0.1) is 12.4 Å². The average Bonchev–Trinajstić information content (AvgIpc) is 3.57. The van der Waals surface area contributed by atoms with E-state index in [2.05, 4.69) is 25.6 Å². The molecule has 5 rings (SSSR count). The molecule has 2 N–H and O–H groups in total. The van der Waals surface area contributed by atoms with E-state index in [4.69, 9.17) is 21.4 Å². The molecular formula is C27H30Cl2F2N8O3. The predicted molar refractivity (Wildman–Crippen MR) is 156 cm³/mol. The number of carbonyl (C=O) groups is 2. The molecule has 4 heterocycles. The molecule has 0 unspecified atom stereocenters. The van der Waals surface area contributed by atoms with Crippen LogP contribution in [0.1, 0.15) is 42.6 Å². The SMILES string of the molecule is CC(=O)NCCCN1CCC(n2cc(NC(=O)c3cnn4cccnc34)c(-c3cc(Cl)ccc3OC(F)F)n2)CC1.Cl. The summed E-state index contributed by atoms with van der Waals surface area (Å²) in [7, 11) is 0. The number of amides is 2. The Morgan fingerprint density at radius 2 is 2.02 bits per heavy atom. The zero-order chi connectivity index (χ0) is 28.9. The van der Waals surface area contributed by atoms with Gasteiger partial charge in [-0.05, 0) is 50.1 Å². The number of anilines is 1. The van der Waals surface area contributed by atoms with Crippen molar-refractivity contribution in [2.45, 2.75) is 38.8 Å². The maximum absolute atomic E-state index is 13.3. The minimum absolute atomic E-state index is 0. The van der Waals surface area contributed by atoms with Gasteiger partial charge in [0.2, 0.25) is 5.91 Å². The summed E-state index contributed by atoms with van der Waals surface area (Å²) in [5.74, 6) is -0.635. The predicted octanol–water partition coefficient (Wildman–Crippen LogP) is 4.68. The summed E-state index contributed by atoms with van der Waals surface area (Å²) >= 11 is 6.24. The Morgan fingerprint density at radius 1 is 1.24 bits per heavy atom. The highest BCUT2D eigenvalue weighted by Crippen LogP contribution is 2.38. The van der Waals surface area contributed by atoms with E-state index >= 15 is 0 Å². The largest absolute Gasteiger partial charge is 0.434 e. The van der Waals surface area contributed by atoms with Crippen molar-refractivity contribution in [3.05, 3.63) is 59.6 Å². The number of nitrogens with zero attached hydrogens (tertiary/aromatic N) is 6. The van der Waals surface area contributed by atoms with E-state index in [1.165, 1.54) is 35.8 Å². The highest BCUT2D eigenvalue weighted by atomic mass is 35.5. The summed E-state index contributed by atoms with van der Waals surface area (Å²) in [5, 5.41) is 14.9. The first kappa shape index (κ1) is 31.1. The normalized spacial score (nSPS) is 14.1. The van der Waals surface area contributed by atoms with Gasteiger partial charge in [0.15, 0.2) is 5.65 Å². The first-order valence-corrected chi connectivity index (χ1v) is 13.6. The first-order valence-electron chi connectivity index (χ1n) is 13.2. The molecule has 0 radical (unpaired) electrons. The number of piperidine rings is 1. The fourth-order valence-corrected chi connectivity index (χ4v) is 5.08. The van der Waals surface area contributed by atoms with Gasteiger partial charge in [0.05, 0.1) is 17.9 Å². The van der Waals surface area contributed by atoms with Crippen LogP contribution in [0.4, 0.5) is 14.5 Å². The number of rotatable bonds is 10. The number of carbonyl (C=O) groups excluding carboxylic acids is 2. The minimum atomic E-state index is -3.06. The Hall–Kier alpha value is -3.81. The number of fused-ring (bicyclic) bond motifs is 1. The number of alkyl halides is 2. The summed E-state index contributed by atoms with van der Waals surface area (Å²) in [4.78, 5) is 31.0. The molecule has 1 fully saturated rings. The number of benzene rings is 1. The number of nitrogens with one attached hydrogen (secondary N) is 2. The van der Waals surface area contributed by atoms with Crippen LogP contribution >= 0.6 is 24.0 Å². The molecular weight excluding hydrogens is 593 g/mol. The van der Waals surface area contributed by atoms with Crippen LogP contribution in [0.25, 0.3) is 16.9 Å². The number of likely N-dealkylation sites (tertiary alicyclic amines) is 1. The van der Waals surface area contributed by atoms with Crippen LogP contribution in [0, 0.1) is 0 Å². The van der Waals surface area contributed by atoms with Gasteiger partial charge >= 0.3 is 6.61 Å². The molecule has 4 aromatic rings. The van der Waals surface area contributed by atoms with E-state index in [-0.39, 0.29) is 46.9 Å². The molecule has 1 aliphatic rings. The first-order chi connectivity index (χ1) is 19.8. The molecule has 11 nitrogen and oxygen atoms in total. The lowest BCUT2D eigenvalue weighted by Gasteiger charge is -2.32. The molecule has 0 saturated carbocycles. The third-order valence-electron chi connectivity index (χ3n) is 6.87. The maximum Gasteiger partial charge on any atom is 0.387 e. The molecule has 42 heavy (non-hydrogen) atoms. The molecule has 1 saturated heterocycles. The quantitative estimate of drug-likeness (QED) is 0.246. The van der Waals surface area contributed by atoms with Crippen molar-refractivity contribution in [1.82, 2.24) is 34.6 Å². The Morgan fingerprint density at radius 3 is 2.76 bits per heavy atom. The minimum Gasteiger partial charge on any atom is -0.434 e. The average molecular weight is 623 g/mol. The Balaban J connectivity index is 0.00000405. The third kappa shape index (κ3) is 7.33. The molecule has 15 heteroatoms. The molecule has 2 amide bonds. The zero-order valence-corrected chi connectivity index (χ0v) is 24.2. The van der Waals surface area contributed by atoms with Crippen LogP contribution in [-0.2, 0) is 4.79 Å².